The first kappa shape index (κ1) is 21.4. The molecular weight excluding hydrogens is 382 g/mol. The van der Waals surface area contributed by atoms with Crippen LogP contribution in [0.4, 0.5) is 0 Å². The minimum Gasteiger partial charge on any atom is -0.352 e. The molecule has 1 saturated heterocycles. The molecule has 3 atom stereocenters. The monoisotopic (exact) mass is 407 g/mol. The molecule has 0 radical (unpaired) electrons. The van der Waals surface area contributed by atoms with Crippen molar-refractivity contribution in [1.82, 2.24) is 15.1 Å². The van der Waals surface area contributed by atoms with E-state index in [1.165, 1.54) is 0 Å². The number of amides is 4. The summed E-state index contributed by atoms with van der Waals surface area (Å²) in [6.45, 7) is 0.306. The zero-order valence-electron chi connectivity index (χ0n) is 16.8. The van der Waals surface area contributed by atoms with Gasteiger partial charge in [-0.15, -0.1) is 24.7 Å². The summed E-state index contributed by atoms with van der Waals surface area (Å²) in [7, 11) is 0. The van der Waals surface area contributed by atoms with Gasteiger partial charge in [0.1, 0.15) is 6.54 Å². The van der Waals surface area contributed by atoms with Crippen molar-refractivity contribution in [2.75, 3.05) is 19.6 Å². The minimum atomic E-state index is -0.449. The summed E-state index contributed by atoms with van der Waals surface area (Å²) >= 11 is 0. The average Bonchev–Trinajstić information content (AvgIpc) is 3.31. The predicted molar refractivity (Wildman–Crippen MR) is 110 cm³/mol. The van der Waals surface area contributed by atoms with E-state index in [0.717, 1.165) is 4.90 Å². The van der Waals surface area contributed by atoms with E-state index in [9.17, 15) is 19.2 Å². The Kier molecular flexibility index (Phi) is 6.74. The van der Waals surface area contributed by atoms with Gasteiger partial charge >= 0.3 is 0 Å². The third-order valence-electron chi connectivity index (χ3n) is 5.83. The fourth-order valence-corrected chi connectivity index (χ4v) is 4.21. The quantitative estimate of drug-likeness (QED) is 0.378. The molecule has 1 aliphatic carbocycles. The number of hydrogen-bond acceptors (Lipinski definition) is 4. The molecule has 1 unspecified atom stereocenters. The van der Waals surface area contributed by atoms with Crippen molar-refractivity contribution in [3.8, 4) is 24.7 Å². The van der Waals surface area contributed by atoms with Gasteiger partial charge in [0.05, 0.1) is 23.8 Å². The third-order valence-corrected chi connectivity index (χ3v) is 5.83. The summed E-state index contributed by atoms with van der Waals surface area (Å²) in [6, 6.07) is -0.323. The summed E-state index contributed by atoms with van der Waals surface area (Å²) in [6.07, 6.45) is 19.8. The molecule has 7 heteroatoms. The van der Waals surface area contributed by atoms with Crippen LogP contribution in [0.15, 0.2) is 24.3 Å². The number of fused-ring (bicyclic) bond motifs is 1. The second-order valence-electron chi connectivity index (χ2n) is 7.72. The van der Waals surface area contributed by atoms with E-state index in [4.69, 9.17) is 12.8 Å². The van der Waals surface area contributed by atoms with Gasteiger partial charge in [-0.1, -0.05) is 24.3 Å². The summed E-state index contributed by atoms with van der Waals surface area (Å²) in [5, 5.41) is 2.74. The van der Waals surface area contributed by atoms with Crippen LogP contribution in [0.5, 0.6) is 0 Å². The Balaban J connectivity index is 1.54. The maximum Gasteiger partial charge on any atom is 0.240 e. The highest BCUT2D eigenvalue weighted by Crippen LogP contribution is 2.34. The van der Waals surface area contributed by atoms with Crippen LogP contribution in [0, 0.1) is 42.4 Å². The van der Waals surface area contributed by atoms with E-state index in [0.29, 0.717) is 19.4 Å². The maximum absolute atomic E-state index is 12.8. The lowest BCUT2D eigenvalue weighted by Gasteiger charge is -2.28. The van der Waals surface area contributed by atoms with Crippen LogP contribution >= 0.6 is 0 Å². The zero-order valence-corrected chi connectivity index (χ0v) is 16.8. The van der Waals surface area contributed by atoms with Crippen LogP contribution in [0.3, 0.4) is 0 Å². The van der Waals surface area contributed by atoms with Crippen LogP contribution in [-0.4, -0.2) is 59.1 Å². The summed E-state index contributed by atoms with van der Waals surface area (Å²) in [5.41, 5.74) is 0. The largest absolute Gasteiger partial charge is 0.352 e. The zero-order chi connectivity index (χ0) is 21.7. The van der Waals surface area contributed by atoms with Gasteiger partial charge in [0.2, 0.25) is 23.6 Å². The van der Waals surface area contributed by atoms with E-state index in [2.05, 4.69) is 17.2 Å². The molecule has 1 fully saturated rings. The molecule has 2 heterocycles. The summed E-state index contributed by atoms with van der Waals surface area (Å²) < 4.78 is 0. The second-order valence-corrected chi connectivity index (χ2v) is 7.72. The molecule has 0 aromatic rings. The molecule has 0 aromatic heterocycles. The van der Waals surface area contributed by atoms with Gasteiger partial charge in [-0.05, 0) is 12.8 Å². The normalized spacial score (nSPS) is 24.7. The topological polar surface area (TPSA) is 86.8 Å². The van der Waals surface area contributed by atoms with Gasteiger partial charge in [-0.3, -0.25) is 24.1 Å². The van der Waals surface area contributed by atoms with E-state index in [1.807, 2.05) is 24.3 Å². The number of nitrogens with zero attached hydrogens (tertiary/aromatic N) is 2. The van der Waals surface area contributed by atoms with Gasteiger partial charge in [0.15, 0.2) is 0 Å². The highest BCUT2D eigenvalue weighted by atomic mass is 16.2. The number of nitrogens with one attached hydrogen (secondary N) is 1. The van der Waals surface area contributed by atoms with Crippen LogP contribution in [0.25, 0.3) is 0 Å². The molecule has 7 nitrogen and oxygen atoms in total. The van der Waals surface area contributed by atoms with Crippen molar-refractivity contribution in [3.63, 3.8) is 0 Å². The van der Waals surface area contributed by atoms with Crippen molar-refractivity contribution in [2.24, 2.45) is 17.8 Å². The van der Waals surface area contributed by atoms with Gasteiger partial charge in [-0.25, -0.2) is 0 Å². The molecule has 0 aromatic carbocycles. The first-order valence-electron chi connectivity index (χ1n) is 10.1. The van der Waals surface area contributed by atoms with Crippen molar-refractivity contribution < 1.29 is 19.2 Å². The number of rotatable bonds is 7. The SMILES string of the molecule is C#CCC(CC#C)C(=O)N1CC=CC1CNC(=O)CN1C(=O)[C@H]2CC=CC[C@H]2C1=O. The number of imide groups is 1. The van der Waals surface area contributed by atoms with E-state index in [-0.39, 0.29) is 61.5 Å². The molecule has 3 aliphatic rings. The molecule has 156 valence electrons. The fourth-order valence-electron chi connectivity index (χ4n) is 4.21. The van der Waals surface area contributed by atoms with E-state index < -0.39 is 11.8 Å². The first-order chi connectivity index (χ1) is 14.5. The Morgan fingerprint density at radius 3 is 2.23 bits per heavy atom. The number of terminal acetylenes is 2. The lowest BCUT2D eigenvalue weighted by Crippen LogP contribution is -2.48. The van der Waals surface area contributed by atoms with Gasteiger partial charge in [0.25, 0.3) is 0 Å². The lowest BCUT2D eigenvalue weighted by atomic mass is 9.85. The lowest BCUT2D eigenvalue weighted by molar-refractivity contribution is -0.143. The summed E-state index contributed by atoms with van der Waals surface area (Å²) in [5.74, 6) is 2.67. The maximum atomic E-state index is 12.8. The Morgan fingerprint density at radius 1 is 1.07 bits per heavy atom. The molecule has 0 saturated carbocycles. The molecule has 0 bridgehead atoms. The van der Waals surface area contributed by atoms with Crippen LogP contribution in [0.2, 0.25) is 0 Å². The van der Waals surface area contributed by atoms with Crippen molar-refractivity contribution in [1.29, 1.82) is 0 Å². The molecular formula is C23H25N3O4. The smallest absolute Gasteiger partial charge is 0.240 e. The van der Waals surface area contributed by atoms with Crippen LogP contribution < -0.4 is 5.32 Å². The van der Waals surface area contributed by atoms with Crippen LogP contribution in [0.1, 0.15) is 25.7 Å². The molecule has 2 aliphatic heterocycles. The number of allylic oxidation sites excluding steroid dienone is 2. The van der Waals surface area contributed by atoms with Gasteiger partial charge < -0.3 is 10.2 Å². The molecule has 4 amide bonds. The predicted octanol–water partition coefficient (Wildman–Crippen LogP) is 0.484. The minimum absolute atomic E-state index is 0.142. The van der Waals surface area contributed by atoms with E-state index in [1.54, 1.807) is 4.90 Å². The van der Waals surface area contributed by atoms with Gasteiger partial charge in [0, 0.05) is 25.9 Å². The Labute approximate surface area is 176 Å². The Morgan fingerprint density at radius 2 is 1.67 bits per heavy atom. The highest BCUT2D eigenvalue weighted by molar-refractivity contribution is 6.07. The molecule has 30 heavy (non-hydrogen) atoms. The number of hydrogen-bond donors (Lipinski definition) is 1. The number of carbonyl (C=O) groups is 4. The van der Waals surface area contributed by atoms with Crippen molar-refractivity contribution in [2.45, 2.75) is 31.7 Å². The van der Waals surface area contributed by atoms with E-state index >= 15 is 0 Å². The standard InChI is InChI=1S/C23H25N3O4/c1-3-8-16(9-4-2)21(28)25-13-7-10-17(25)14-24-20(27)15-26-22(29)18-11-5-6-12-19(18)23(26)30/h1-2,5-7,10,16-19H,8-9,11-15H2,(H,24,27)/t17?,18-,19+. The Bertz CT molecular complexity index is 834. The molecule has 3 rings (SSSR count). The van der Waals surface area contributed by atoms with Crippen LogP contribution in [-0.2, 0) is 19.2 Å². The third kappa shape index (κ3) is 4.31. The summed E-state index contributed by atoms with van der Waals surface area (Å²) in [4.78, 5) is 52.8. The Hall–Kier alpha value is -3.32. The fraction of sp³-hybridized carbons (Fsp3) is 0.478. The highest BCUT2D eigenvalue weighted by Gasteiger charge is 2.47. The second kappa shape index (κ2) is 9.45. The van der Waals surface area contributed by atoms with Crippen molar-refractivity contribution in [3.05, 3.63) is 24.3 Å². The number of likely N-dealkylation sites (tertiary alicyclic amines) is 1. The molecule has 1 N–H and O–H groups in total. The van der Waals surface area contributed by atoms with Crippen molar-refractivity contribution >= 4 is 23.6 Å². The average molecular weight is 407 g/mol. The van der Waals surface area contributed by atoms with Gasteiger partial charge in [-0.2, -0.15) is 0 Å². The number of carbonyl (C=O) groups excluding carboxylic acids is 4. The first-order valence-corrected chi connectivity index (χ1v) is 10.1. The molecule has 0 spiro atoms.